The first-order valence-corrected chi connectivity index (χ1v) is 5.81. The Hall–Kier alpha value is -1.13. The van der Waals surface area contributed by atoms with Gasteiger partial charge in [0.1, 0.15) is 5.75 Å². The zero-order chi connectivity index (χ0) is 13.1. The van der Waals surface area contributed by atoms with E-state index in [1.165, 1.54) is 19.1 Å². The van der Waals surface area contributed by atoms with Gasteiger partial charge in [-0.05, 0) is 32.4 Å². The van der Waals surface area contributed by atoms with Gasteiger partial charge in [0, 0.05) is 0 Å². The van der Waals surface area contributed by atoms with Gasteiger partial charge in [-0.3, -0.25) is 0 Å². The van der Waals surface area contributed by atoms with E-state index in [1.54, 1.807) is 0 Å². The van der Waals surface area contributed by atoms with Crippen molar-refractivity contribution < 1.29 is 17.7 Å². The largest absolute Gasteiger partial charge is 0.509 e. The number of hydrogen-bond acceptors (Lipinski definition) is 1. The molecular formula is C12H17BF3O-. The van der Waals surface area contributed by atoms with Crippen LogP contribution in [-0.2, 0) is 0 Å². The second kappa shape index (κ2) is 5.47. The molecule has 1 nitrogen and oxygen atoms in total. The first-order chi connectivity index (χ1) is 7.84. The lowest BCUT2D eigenvalue weighted by Gasteiger charge is -2.20. The third-order valence-electron chi connectivity index (χ3n) is 2.63. The van der Waals surface area contributed by atoms with E-state index >= 15 is 0 Å². The lowest BCUT2D eigenvalue weighted by atomic mass is 9.77. The highest BCUT2D eigenvalue weighted by atomic mass is 19.4. The van der Waals surface area contributed by atoms with Gasteiger partial charge in [-0.2, -0.15) is 0 Å². The van der Waals surface area contributed by atoms with Crippen molar-refractivity contribution in [3.8, 4) is 5.75 Å². The van der Waals surface area contributed by atoms with E-state index in [2.05, 4.69) is 0 Å². The fraction of sp³-hybridized carbons (Fsp3) is 0.500. The molecule has 0 saturated carbocycles. The summed E-state index contributed by atoms with van der Waals surface area (Å²) in [6.07, 6.45) is 1.91. The predicted octanol–water partition coefficient (Wildman–Crippen LogP) is 3.62. The summed E-state index contributed by atoms with van der Waals surface area (Å²) < 4.78 is 43.3. The summed E-state index contributed by atoms with van der Waals surface area (Å²) >= 11 is 0. The topological polar surface area (TPSA) is 9.23 Å². The van der Waals surface area contributed by atoms with E-state index in [4.69, 9.17) is 4.74 Å². The molecule has 96 valence electrons. The summed E-state index contributed by atoms with van der Waals surface area (Å²) in [6, 6.07) is 3.95. The number of halogens is 3. The molecule has 0 spiro atoms. The van der Waals surface area contributed by atoms with Crippen LogP contribution in [0.4, 0.5) is 12.9 Å². The molecular weight excluding hydrogens is 228 g/mol. The fourth-order valence-electron chi connectivity index (χ4n) is 1.79. The van der Waals surface area contributed by atoms with Gasteiger partial charge in [-0.25, -0.2) is 0 Å². The highest BCUT2D eigenvalue weighted by Crippen LogP contribution is 2.19. The fourth-order valence-corrected chi connectivity index (χ4v) is 1.79. The Bertz CT molecular complexity index is 377. The molecule has 1 unspecified atom stereocenters. The third-order valence-corrected chi connectivity index (χ3v) is 2.63. The van der Waals surface area contributed by atoms with Crippen molar-refractivity contribution in [3.63, 3.8) is 0 Å². The normalized spacial score (nSPS) is 13.5. The van der Waals surface area contributed by atoms with E-state index in [1.807, 2.05) is 13.8 Å². The number of aryl methyl sites for hydroxylation is 1. The molecule has 0 aliphatic rings. The van der Waals surface area contributed by atoms with E-state index in [9.17, 15) is 12.9 Å². The van der Waals surface area contributed by atoms with Gasteiger partial charge in [0.2, 0.25) is 0 Å². The molecule has 1 aromatic carbocycles. The Morgan fingerprint density at radius 1 is 1.29 bits per heavy atom. The SMILES string of the molecule is CCCC(C)Oc1ccc([B-](F)(F)F)c(C)c1. The Morgan fingerprint density at radius 3 is 2.41 bits per heavy atom. The minimum atomic E-state index is -4.93. The molecule has 1 aromatic rings. The summed E-state index contributed by atoms with van der Waals surface area (Å²) in [5.41, 5.74) is -0.320. The average molecular weight is 245 g/mol. The third kappa shape index (κ3) is 3.98. The molecule has 0 fully saturated rings. The number of rotatable bonds is 5. The van der Waals surface area contributed by atoms with Gasteiger partial charge in [0.15, 0.2) is 0 Å². The lowest BCUT2D eigenvalue weighted by Crippen LogP contribution is -2.36. The minimum Gasteiger partial charge on any atom is -0.491 e. The maximum absolute atomic E-state index is 12.6. The minimum absolute atomic E-state index is 0.0293. The Balaban J connectivity index is 2.82. The van der Waals surface area contributed by atoms with Gasteiger partial charge >= 0.3 is 6.98 Å². The zero-order valence-electron chi connectivity index (χ0n) is 10.3. The molecule has 0 N–H and O–H groups in total. The van der Waals surface area contributed by atoms with Crippen LogP contribution in [0.2, 0.25) is 0 Å². The van der Waals surface area contributed by atoms with Crippen LogP contribution in [0.15, 0.2) is 18.2 Å². The number of benzene rings is 1. The zero-order valence-corrected chi connectivity index (χ0v) is 10.3. The molecule has 0 aromatic heterocycles. The summed E-state index contributed by atoms with van der Waals surface area (Å²) in [5.74, 6) is 0.507. The van der Waals surface area contributed by atoms with E-state index in [0.29, 0.717) is 5.75 Å². The van der Waals surface area contributed by atoms with E-state index in [-0.39, 0.29) is 11.7 Å². The van der Waals surface area contributed by atoms with Crippen molar-refractivity contribution in [1.29, 1.82) is 0 Å². The van der Waals surface area contributed by atoms with Gasteiger partial charge in [0.05, 0.1) is 6.10 Å². The molecule has 1 rings (SSSR count). The predicted molar refractivity (Wildman–Crippen MR) is 64.9 cm³/mol. The molecule has 0 aliphatic carbocycles. The van der Waals surface area contributed by atoms with Crippen molar-refractivity contribution in [3.05, 3.63) is 23.8 Å². The lowest BCUT2D eigenvalue weighted by molar-refractivity contribution is 0.210. The standard InChI is InChI=1S/C12H17BF3O/c1-4-5-10(3)17-11-6-7-12(9(2)8-11)13(14,15)16/h6-8,10H,4-5H2,1-3H3/q-1. The van der Waals surface area contributed by atoms with Crippen LogP contribution in [0, 0.1) is 6.92 Å². The Kier molecular flexibility index (Phi) is 4.49. The summed E-state index contributed by atoms with van der Waals surface area (Å²) in [7, 11) is 0. The van der Waals surface area contributed by atoms with Crippen molar-refractivity contribution >= 4 is 12.4 Å². The van der Waals surface area contributed by atoms with Gasteiger partial charge in [-0.15, -0.1) is 5.46 Å². The Labute approximate surface area is 100 Å². The monoisotopic (exact) mass is 245 g/mol. The molecule has 0 aliphatic heterocycles. The van der Waals surface area contributed by atoms with Gasteiger partial charge in [-0.1, -0.05) is 25.0 Å². The van der Waals surface area contributed by atoms with E-state index in [0.717, 1.165) is 18.9 Å². The molecule has 1 atom stereocenters. The van der Waals surface area contributed by atoms with Crippen molar-refractivity contribution in [1.82, 2.24) is 0 Å². The van der Waals surface area contributed by atoms with Crippen LogP contribution in [0.5, 0.6) is 5.75 Å². The number of ether oxygens (including phenoxy) is 1. The summed E-state index contributed by atoms with van der Waals surface area (Å²) in [4.78, 5) is 0. The second-order valence-electron chi connectivity index (χ2n) is 4.31. The maximum atomic E-state index is 12.6. The van der Waals surface area contributed by atoms with Crippen molar-refractivity contribution in [2.45, 2.75) is 39.7 Å². The Morgan fingerprint density at radius 2 is 1.94 bits per heavy atom. The molecule has 17 heavy (non-hydrogen) atoms. The molecule has 0 radical (unpaired) electrons. The van der Waals surface area contributed by atoms with Crippen LogP contribution in [0.1, 0.15) is 32.3 Å². The van der Waals surface area contributed by atoms with E-state index < -0.39 is 12.4 Å². The average Bonchev–Trinajstić information content (AvgIpc) is 2.15. The molecule has 0 heterocycles. The quantitative estimate of drug-likeness (QED) is 0.720. The van der Waals surface area contributed by atoms with Crippen molar-refractivity contribution in [2.75, 3.05) is 0 Å². The van der Waals surface area contributed by atoms with Crippen LogP contribution < -0.4 is 10.2 Å². The summed E-state index contributed by atoms with van der Waals surface area (Å²) in [5, 5.41) is 0. The number of hydrogen-bond donors (Lipinski definition) is 0. The van der Waals surface area contributed by atoms with Crippen LogP contribution in [-0.4, -0.2) is 13.1 Å². The molecule has 0 saturated heterocycles. The molecule has 0 bridgehead atoms. The van der Waals surface area contributed by atoms with Crippen LogP contribution in [0.3, 0.4) is 0 Å². The highest BCUT2D eigenvalue weighted by molar-refractivity contribution is 6.74. The maximum Gasteiger partial charge on any atom is 0.509 e. The van der Waals surface area contributed by atoms with Gasteiger partial charge < -0.3 is 17.7 Å². The second-order valence-corrected chi connectivity index (χ2v) is 4.31. The summed E-state index contributed by atoms with van der Waals surface area (Å²) in [6.45, 7) is 0.488. The van der Waals surface area contributed by atoms with Gasteiger partial charge in [0.25, 0.3) is 0 Å². The van der Waals surface area contributed by atoms with Crippen LogP contribution in [0.25, 0.3) is 0 Å². The van der Waals surface area contributed by atoms with Crippen molar-refractivity contribution in [2.24, 2.45) is 0 Å². The smallest absolute Gasteiger partial charge is 0.491 e. The molecule has 0 amide bonds. The first kappa shape index (κ1) is 13.9. The highest BCUT2D eigenvalue weighted by Gasteiger charge is 2.27. The first-order valence-electron chi connectivity index (χ1n) is 5.81. The van der Waals surface area contributed by atoms with Crippen LogP contribution >= 0.6 is 0 Å². The molecule has 5 heteroatoms.